The molecule has 13 heteroatoms. The topological polar surface area (TPSA) is 129 Å². The van der Waals surface area contributed by atoms with E-state index in [0.29, 0.717) is 49.6 Å². The summed E-state index contributed by atoms with van der Waals surface area (Å²) in [5.41, 5.74) is 8.45. The molecule has 0 radical (unpaired) electrons. The predicted molar refractivity (Wildman–Crippen MR) is 282 cm³/mol. The van der Waals surface area contributed by atoms with Gasteiger partial charge in [-0.2, -0.15) is 63.5 Å². The standard InChI is InChI=1S/C20H17BrNO.C15H15ClNO.C12H16.C10H7N2O2.3Li/c1-4-12(2)14-5-7-15(8-6-14)18-10-9-16-17(21)11-13(3)20(23)19(16)22-18;1-4-10(5-2)11-7-12-13(16)6-9(3)15(18)14(12)17-8-11;1-3-11(4-2)10-12-8-6-5-7-9-12;1-6-5-8(12-14)7-3-2-4-11-9(7)10(6)13;;;/h5-12,23H,1-4H2;6-8,10,18H,1-5H2;5-9,11H,1-4,10H2;2-5,13H,1H2;;;/q2*-3;-2;-1;3*+1. The Hall–Kier alpha value is -4.50. The molecule has 0 aliphatic heterocycles. The van der Waals surface area contributed by atoms with Gasteiger partial charge in [0.05, 0.1) is 27.9 Å². The second-order valence-electron chi connectivity index (χ2n) is 15.9. The fraction of sp³-hybridized carbons (Fsp3) is 0.158. The van der Waals surface area contributed by atoms with Gasteiger partial charge in [-0.15, -0.1) is 28.7 Å². The van der Waals surface area contributed by atoms with Crippen LogP contribution in [0.5, 0.6) is 17.2 Å². The number of phenolic OH excluding ortho intramolecular Hbond substituents is 3. The van der Waals surface area contributed by atoms with E-state index in [-0.39, 0.29) is 91.4 Å². The summed E-state index contributed by atoms with van der Waals surface area (Å²) in [6, 6.07) is 32.8. The Bertz CT molecular complexity index is 2920. The third-order valence-electron chi connectivity index (χ3n) is 11.4. The molecular weight excluding hydrogens is 941 g/mol. The molecule has 0 saturated heterocycles. The Labute approximate surface area is 464 Å². The maximum Gasteiger partial charge on any atom is 1.00 e. The van der Waals surface area contributed by atoms with Crippen molar-refractivity contribution < 1.29 is 71.9 Å². The molecule has 8 nitrogen and oxygen atoms in total. The summed E-state index contributed by atoms with van der Waals surface area (Å²) in [4.78, 5) is 23.4. The van der Waals surface area contributed by atoms with Crippen LogP contribution in [-0.2, 0) is 6.42 Å². The molecule has 1 unspecified atom stereocenters. The summed E-state index contributed by atoms with van der Waals surface area (Å²) in [5.74, 6) is 1.31. The minimum Gasteiger partial charge on any atom is -0.563 e. The number of aromatic nitrogens is 3. The van der Waals surface area contributed by atoms with Crippen LogP contribution in [0.2, 0.25) is 5.02 Å². The van der Waals surface area contributed by atoms with Crippen LogP contribution in [0.1, 0.15) is 77.3 Å². The summed E-state index contributed by atoms with van der Waals surface area (Å²) in [5, 5.41) is 35.3. The summed E-state index contributed by atoms with van der Waals surface area (Å²) in [6.07, 6.45) is 8.66. The average molecular weight is 996 g/mol. The third kappa shape index (κ3) is 15.5. The summed E-state index contributed by atoms with van der Waals surface area (Å²) >= 11 is 9.67. The Morgan fingerprint density at radius 3 is 1.79 bits per heavy atom. The third-order valence-corrected chi connectivity index (χ3v) is 12.3. The fourth-order valence-electron chi connectivity index (χ4n) is 7.18. The molecule has 0 aliphatic rings. The van der Waals surface area contributed by atoms with Crippen LogP contribution in [0.3, 0.4) is 0 Å². The first-order valence-electron chi connectivity index (χ1n) is 21.7. The van der Waals surface area contributed by atoms with Crippen LogP contribution in [0.15, 0.2) is 125 Å². The van der Waals surface area contributed by atoms with E-state index in [2.05, 4.69) is 135 Å². The van der Waals surface area contributed by atoms with Gasteiger partial charge in [0.25, 0.3) is 0 Å². The van der Waals surface area contributed by atoms with Gasteiger partial charge in [-0.1, -0.05) is 112 Å². The van der Waals surface area contributed by atoms with Crippen molar-refractivity contribution in [3.05, 3.63) is 226 Å². The zero-order valence-corrected chi connectivity index (χ0v) is 42.9. The average Bonchev–Trinajstić information content (AvgIpc) is 3.36. The number of aromatic hydroxyl groups is 3. The first kappa shape index (κ1) is 61.6. The zero-order valence-electron chi connectivity index (χ0n) is 40.6. The van der Waals surface area contributed by atoms with E-state index in [0.717, 1.165) is 76.2 Å². The van der Waals surface area contributed by atoms with Crippen LogP contribution in [0.4, 0.5) is 5.69 Å². The molecule has 0 spiro atoms. The fourth-order valence-corrected chi connectivity index (χ4v) is 8.05. The molecule has 1 atom stereocenters. The van der Waals surface area contributed by atoms with E-state index in [9.17, 15) is 20.2 Å². The SMILES string of the molecule is [CH2-]CC(C[CH2-])Cc1ccccc1.[CH2-]CC(C[CH2-])c1cnc2c(O)c([CH2-])cc(Cl)c2c1.[CH2-]CC([CH2-])c1ccc(-c2ccc3c(Br)cc([CH2-])c(O)c3n2)cc1.[CH2-]c1cc(N=O)c2cccnc2c1O.[Li+].[Li+].[Li+]. The maximum absolute atomic E-state index is 10.5. The summed E-state index contributed by atoms with van der Waals surface area (Å²) in [7, 11) is 0. The van der Waals surface area contributed by atoms with Crippen molar-refractivity contribution in [3.8, 4) is 28.5 Å². The predicted octanol–water partition coefficient (Wildman–Crippen LogP) is 6.83. The van der Waals surface area contributed by atoms with Gasteiger partial charge in [-0.3, -0.25) is 15.0 Å². The van der Waals surface area contributed by atoms with Crippen LogP contribution in [0.25, 0.3) is 44.0 Å². The number of fused-ring (bicyclic) bond motifs is 3. The first-order valence-corrected chi connectivity index (χ1v) is 22.8. The normalized spacial score (nSPS) is 10.9. The van der Waals surface area contributed by atoms with Crippen LogP contribution < -0.4 is 56.6 Å². The van der Waals surface area contributed by atoms with E-state index in [1.54, 1.807) is 30.5 Å². The molecule has 0 bridgehead atoms. The summed E-state index contributed by atoms with van der Waals surface area (Å²) < 4.78 is 0.875. The van der Waals surface area contributed by atoms with Gasteiger partial charge < -0.3 is 56.9 Å². The smallest absolute Gasteiger partial charge is 0.563 e. The van der Waals surface area contributed by atoms with E-state index < -0.39 is 0 Å². The Kier molecular flexibility index (Phi) is 26.2. The van der Waals surface area contributed by atoms with Crippen LogP contribution in [0, 0.1) is 73.1 Å². The zero-order chi connectivity index (χ0) is 48.8. The number of benzene rings is 5. The molecule has 3 heterocycles. The molecule has 3 N–H and O–H groups in total. The number of phenols is 3. The van der Waals surface area contributed by atoms with Gasteiger partial charge in [-0.25, -0.2) is 6.42 Å². The van der Waals surface area contributed by atoms with Crippen LogP contribution in [-0.4, -0.2) is 30.3 Å². The first-order chi connectivity index (χ1) is 32.2. The maximum atomic E-state index is 10.5. The number of nitrogens with zero attached hydrogens (tertiary/aromatic N) is 4. The molecular formula is C57H55BrClLi3N4O4-6. The Balaban J connectivity index is 0.000000325. The van der Waals surface area contributed by atoms with Crippen LogP contribution >= 0.6 is 27.5 Å². The Morgan fingerprint density at radius 1 is 0.614 bits per heavy atom. The molecule has 3 aromatic heterocycles. The van der Waals surface area contributed by atoms with E-state index in [1.807, 2.05) is 36.4 Å². The second-order valence-corrected chi connectivity index (χ2v) is 17.2. The molecule has 0 saturated carbocycles. The van der Waals surface area contributed by atoms with E-state index >= 15 is 0 Å². The monoisotopic (exact) mass is 994 g/mol. The van der Waals surface area contributed by atoms with Crippen molar-refractivity contribution in [2.24, 2.45) is 11.1 Å². The van der Waals surface area contributed by atoms with Crippen molar-refractivity contribution in [1.82, 2.24) is 15.0 Å². The van der Waals surface area contributed by atoms with E-state index in [1.165, 1.54) is 17.8 Å². The molecule has 0 aliphatic carbocycles. The number of hydrogen-bond acceptors (Lipinski definition) is 8. The van der Waals surface area contributed by atoms with Gasteiger partial charge in [-0.05, 0) is 61.2 Å². The van der Waals surface area contributed by atoms with E-state index in [4.69, 9.17) is 11.6 Å². The largest absolute Gasteiger partial charge is 1.00 e. The number of rotatable bonds is 11. The minimum absolute atomic E-state index is 0. The minimum atomic E-state index is -0.00648. The van der Waals surface area contributed by atoms with Crippen molar-refractivity contribution in [1.29, 1.82) is 0 Å². The van der Waals surface area contributed by atoms with Crippen molar-refractivity contribution in [3.63, 3.8) is 0 Å². The quantitative estimate of drug-likeness (QED) is 0.0737. The molecule has 8 aromatic rings. The number of pyridine rings is 3. The molecule has 0 fully saturated rings. The molecule has 0 amide bonds. The Morgan fingerprint density at radius 2 is 1.20 bits per heavy atom. The number of halogens is 2. The molecule has 70 heavy (non-hydrogen) atoms. The number of hydrogen-bond donors (Lipinski definition) is 3. The molecule has 350 valence electrons. The van der Waals surface area contributed by atoms with Gasteiger partial charge in [0.2, 0.25) is 0 Å². The number of nitroso groups, excluding NO2 is 1. The van der Waals surface area contributed by atoms with Gasteiger partial charge >= 0.3 is 56.6 Å². The van der Waals surface area contributed by atoms with Gasteiger partial charge in [0.1, 0.15) is 0 Å². The molecule has 5 aromatic carbocycles. The van der Waals surface area contributed by atoms with Crippen molar-refractivity contribution in [2.75, 3.05) is 0 Å². The van der Waals surface area contributed by atoms with Gasteiger partial charge in [0, 0.05) is 40.6 Å². The van der Waals surface area contributed by atoms with Gasteiger partial charge in [0.15, 0.2) is 0 Å². The van der Waals surface area contributed by atoms with Crippen molar-refractivity contribution in [2.45, 2.75) is 50.4 Å². The second kappa shape index (κ2) is 29.8. The summed E-state index contributed by atoms with van der Waals surface area (Å²) in [6.45, 7) is 34.8. The van der Waals surface area contributed by atoms with Crippen molar-refractivity contribution >= 4 is 65.9 Å². The molecule has 8 rings (SSSR count).